The predicted molar refractivity (Wildman–Crippen MR) is 126 cm³/mol. The van der Waals surface area contributed by atoms with Gasteiger partial charge < -0.3 is 20.5 Å². The molecule has 2 aliphatic rings. The summed E-state index contributed by atoms with van der Waals surface area (Å²) in [5, 5.41) is 15.0. The van der Waals surface area contributed by atoms with Crippen molar-refractivity contribution in [3.8, 4) is 11.1 Å². The molecular formula is C25H23N3O5S. The summed E-state index contributed by atoms with van der Waals surface area (Å²) in [7, 11) is 0. The number of aromatic nitrogens is 1. The fourth-order valence-electron chi connectivity index (χ4n) is 4.44. The minimum atomic E-state index is -1.03. The van der Waals surface area contributed by atoms with Gasteiger partial charge in [-0.05, 0) is 34.6 Å². The van der Waals surface area contributed by atoms with Gasteiger partial charge in [0.2, 0.25) is 5.91 Å². The summed E-state index contributed by atoms with van der Waals surface area (Å²) in [5.74, 6) is -1.26. The van der Waals surface area contributed by atoms with Crippen LogP contribution in [0.25, 0.3) is 11.1 Å². The van der Waals surface area contributed by atoms with Crippen molar-refractivity contribution in [3.05, 3.63) is 75.7 Å². The summed E-state index contributed by atoms with van der Waals surface area (Å²) in [6, 6.07) is 16.3. The van der Waals surface area contributed by atoms with Crippen molar-refractivity contribution < 1.29 is 24.2 Å². The zero-order valence-corrected chi connectivity index (χ0v) is 19.0. The van der Waals surface area contributed by atoms with Crippen LogP contribution in [0.3, 0.4) is 0 Å². The summed E-state index contributed by atoms with van der Waals surface area (Å²) >= 11 is 1.04. The standard InChI is InChI=1S/C25H23N3O5S/c29-23(27-12-22-26-11-21(34-22)24(30)31)19-9-14(19)10-28-25(32)33-13-20-17-7-3-1-5-15(17)16-6-2-4-8-18(16)20/h1-8,11,14,19-20H,9-10,12-13H2,(H,27,29)(H,28,32)(H,30,31). The van der Waals surface area contributed by atoms with Gasteiger partial charge in [0.1, 0.15) is 16.5 Å². The Kier molecular flexibility index (Phi) is 6.02. The molecule has 5 rings (SSSR count). The third kappa shape index (κ3) is 4.51. The van der Waals surface area contributed by atoms with Crippen LogP contribution in [0.1, 0.15) is 38.1 Å². The van der Waals surface area contributed by atoms with E-state index < -0.39 is 12.1 Å². The van der Waals surface area contributed by atoms with Crippen LogP contribution in [0, 0.1) is 11.8 Å². The third-order valence-electron chi connectivity index (χ3n) is 6.29. The topological polar surface area (TPSA) is 118 Å². The number of alkyl carbamates (subject to hydrolysis) is 1. The van der Waals surface area contributed by atoms with Gasteiger partial charge >= 0.3 is 12.1 Å². The van der Waals surface area contributed by atoms with Crippen LogP contribution in [0.15, 0.2) is 54.7 Å². The number of benzene rings is 2. The van der Waals surface area contributed by atoms with Crippen LogP contribution < -0.4 is 10.6 Å². The van der Waals surface area contributed by atoms with Crippen molar-refractivity contribution in [1.29, 1.82) is 0 Å². The summed E-state index contributed by atoms with van der Waals surface area (Å²) in [6.07, 6.45) is 1.48. The molecule has 174 valence electrons. The molecule has 2 aromatic carbocycles. The van der Waals surface area contributed by atoms with Crippen LogP contribution in [0.4, 0.5) is 4.79 Å². The average molecular weight is 478 g/mol. The largest absolute Gasteiger partial charge is 0.477 e. The number of amides is 2. The van der Waals surface area contributed by atoms with E-state index in [0.717, 1.165) is 22.5 Å². The monoisotopic (exact) mass is 477 g/mol. The molecule has 3 N–H and O–H groups in total. The summed E-state index contributed by atoms with van der Waals surface area (Å²) in [6.45, 7) is 0.815. The quantitative estimate of drug-likeness (QED) is 0.456. The molecule has 2 amide bonds. The first-order valence-electron chi connectivity index (χ1n) is 11.1. The second-order valence-electron chi connectivity index (χ2n) is 8.45. The second kappa shape index (κ2) is 9.26. The molecule has 9 heteroatoms. The molecule has 2 aliphatic carbocycles. The lowest BCUT2D eigenvalue weighted by molar-refractivity contribution is -0.122. The highest BCUT2D eigenvalue weighted by molar-refractivity contribution is 7.13. The first-order valence-corrected chi connectivity index (χ1v) is 11.9. The Bertz CT molecular complexity index is 1210. The lowest BCUT2D eigenvalue weighted by Crippen LogP contribution is -2.30. The first-order chi connectivity index (χ1) is 16.5. The lowest BCUT2D eigenvalue weighted by atomic mass is 9.98. The van der Waals surface area contributed by atoms with Crippen LogP contribution in [0.2, 0.25) is 0 Å². The normalized spacial score (nSPS) is 18.0. The average Bonchev–Trinajstić information content (AvgIpc) is 3.34. The third-order valence-corrected chi connectivity index (χ3v) is 7.28. The molecule has 0 aliphatic heterocycles. The molecule has 0 radical (unpaired) electrons. The Hall–Kier alpha value is -3.72. The minimum absolute atomic E-state index is 0.00473. The fraction of sp³-hybridized carbons (Fsp3) is 0.280. The Labute approximate surface area is 200 Å². The lowest BCUT2D eigenvalue weighted by Gasteiger charge is -2.14. The maximum atomic E-state index is 12.3. The number of hydrogen-bond acceptors (Lipinski definition) is 6. The highest BCUT2D eigenvalue weighted by Gasteiger charge is 2.43. The van der Waals surface area contributed by atoms with Gasteiger partial charge in [-0.25, -0.2) is 14.6 Å². The van der Waals surface area contributed by atoms with E-state index in [1.807, 2.05) is 24.3 Å². The molecule has 1 saturated carbocycles. The number of carbonyl (C=O) groups excluding carboxylic acids is 2. The van der Waals surface area contributed by atoms with Gasteiger partial charge in [-0.3, -0.25) is 4.79 Å². The second-order valence-corrected chi connectivity index (χ2v) is 9.57. The van der Waals surface area contributed by atoms with E-state index in [2.05, 4.69) is 39.9 Å². The van der Waals surface area contributed by atoms with Crippen molar-refractivity contribution in [2.24, 2.45) is 11.8 Å². The van der Waals surface area contributed by atoms with Crippen molar-refractivity contribution in [2.45, 2.75) is 18.9 Å². The van der Waals surface area contributed by atoms with Crippen molar-refractivity contribution in [2.75, 3.05) is 13.2 Å². The highest BCUT2D eigenvalue weighted by atomic mass is 32.1. The number of nitrogens with one attached hydrogen (secondary N) is 2. The number of carboxylic acid groups (broad SMARTS) is 1. The van der Waals surface area contributed by atoms with Gasteiger partial charge in [-0.1, -0.05) is 48.5 Å². The molecule has 8 nitrogen and oxygen atoms in total. The molecule has 1 fully saturated rings. The van der Waals surface area contributed by atoms with E-state index in [4.69, 9.17) is 9.84 Å². The Morgan fingerprint density at radius 3 is 2.35 bits per heavy atom. The van der Waals surface area contributed by atoms with Gasteiger partial charge in [0.25, 0.3) is 0 Å². The van der Waals surface area contributed by atoms with Crippen LogP contribution in [0.5, 0.6) is 0 Å². The van der Waals surface area contributed by atoms with E-state index in [1.54, 1.807) is 0 Å². The van der Waals surface area contributed by atoms with Gasteiger partial charge in [0.05, 0.1) is 12.7 Å². The molecule has 2 atom stereocenters. The summed E-state index contributed by atoms with van der Waals surface area (Å²) < 4.78 is 5.54. The van der Waals surface area contributed by atoms with E-state index in [1.165, 1.54) is 17.3 Å². The molecule has 1 heterocycles. The molecule has 34 heavy (non-hydrogen) atoms. The predicted octanol–water partition coefficient (Wildman–Crippen LogP) is 3.63. The number of carboxylic acids is 1. The number of hydrogen-bond donors (Lipinski definition) is 3. The van der Waals surface area contributed by atoms with E-state index in [0.29, 0.717) is 18.0 Å². The summed E-state index contributed by atoms with van der Waals surface area (Å²) in [4.78, 5) is 39.7. The van der Waals surface area contributed by atoms with Crippen molar-refractivity contribution in [1.82, 2.24) is 15.6 Å². The molecule has 2 unspecified atom stereocenters. The minimum Gasteiger partial charge on any atom is -0.477 e. The SMILES string of the molecule is O=C(NCC1CC1C(=O)NCc1ncc(C(=O)O)s1)OCC1c2ccccc2-c2ccccc21. The molecule has 0 bridgehead atoms. The number of rotatable bonds is 8. The molecule has 1 aromatic heterocycles. The maximum absolute atomic E-state index is 12.3. The number of fused-ring (bicyclic) bond motifs is 3. The number of ether oxygens (including phenoxy) is 1. The smallest absolute Gasteiger partial charge is 0.407 e. The van der Waals surface area contributed by atoms with Crippen molar-refractivity contribution >= 4 is 29.3 Å². The van der Waals surface area contributed by atoms with Crippen LogP contribution in [-0.4, -0.2) is 41.2 Å². The van der Waals surface area contributed by atoms with E-state index in [9.17, 15) is 14.4 Å². The molecular weight excluding hydrogens is 454 g/mol. The Morgan fingerprint density at radius 1 is 1.03 bits per heavy atom. The molecule has 0 spiro atoms. The zero-order valence-electron chi connectivity index (χ0n) is 18.2. The van der Waals surface area contributed by atoms with E-state index >= 15 is 0 Å². The van der Waals surface area contributed by atoms with Gasteiger partial charge in [-0.15, -0.1) is 11.3 Å². The van der Waals surface area contributed by atoms with Gasteiger partial charge in [0.15, 0.2) is 0 Å². The van der Waals surface area contributed by atoms with Crippen LogP contribution in [-0.2, 0) is 16.1 Å². The highest BCUT2D eigenvalue weighted by Crippen LogP contribution is 2.44. The zero-order chi connectivity index (χ0) is 23.7. The summed E-state index contributed by atoms with van der Waals surface area (Å²) in [5.41, 5.74) is 4.67. The Morgan fingerprint density at radius 2 is 1.71 bits per heavy atom. The van der Waals surface area contributed by atoms with Crippen molar-refractivity contribution in [3.63, 3.8) is 0 Å². The first kappa shape index (κ1) is 22.1. The van der Waals surface area contributed by atoms with E-state index in [-0.39, 0.29) is 41.7 Å². The number of nitrogens with zero attached hydrogens (tertiary/aromatic N) is 1. The number of aromatic carboxylic acids is 1. The van der Waals surface area contributed by atoms with Gasteiger partial charge in [0, 0.05) is 18.4 Å². The number of carbonyl (C=O) groups is 3. The van der Waals surface area contributed by atoms with Gasteiger partial charge in [-0.2, -0.15) is 0 Å². The Balaban J connectivity index is 1.06. The number of thiazole rings is 1. The molecule has 3 aromatic rings. The fourth-order valence-corrected chi connectivity index (χ4v) is 5.14. The maximum Gasteiger partial charge on any atom is 0.407 e. The molecule has 0 saturated heterocycles. The van der Waals surface area contributed by atoms with Crippen LogP contribution >= 0.6 is 11.3 Å².